The zero-order valence-electron chi connectivity index (χ0n) is 17.3. The topological polar surface area (TPSA) is 88.6 Å². The number of aromatic nitrogens is 1. The molecule has 4 aromatic rings. The Labute approximate surface area is 186 Å². The second kappa shape index (κ2) is 9.17. The summed E-state index contributed by atoms with van der Waals surface area (Å²) in [5.74, 6) is 0. The van der Waals surface area contributed by atoms with E-state index in [-0.39, 0.29) is 11.5 Å². The molecule has 0 saturated heterocycles. The third kappa shape index (κ3) is 4.93. The quantitative estimate of drug-likeness (QED) is 0.437. The zero-order valence-corrected chi connectivity index (χ0v) is 18.1. The van der Waals surface area contributed by atoms with Crippen molar-refractivity contribution in [2.24, 2.45) is 0 Å². The number of benzene rings is 3. The Hall–Kier alpha value is -3.75. The van der Waals surface area contributed by atoms with Crippen LogP contribution < -0.4 is 9.79 Å². The fourth-order valence-corrected chi connectivity index (χ4v) is 3.99. The van der Waals surface area contributed by atoms with Crippen molar-refractivity contribution in [3.05, 3.63) is 102 Å². The first-order valence-electron chi connectivity index (χ1n) is 9.89. The lowest BCUT2D eigenvalue weighted by molar-refractivity contribution is 0.105. The van der Waals surface area contributed by atoms with E-state index in [1.165, 1.54) is 12.1 Å². The number of aryl methyl sites for hydroxylation is 1. The van der Waals surface area contributed by atoms with Crippen molar-refractivity contribution in [3.8, 4) is 0 Å². The molecule has 0 aliphatic rings. The van der Waals surface area contributed by atoms with Gasteiger partial charge in [-0.1, -0.05) is 60.2 Å². The average Bonchev–Trinajstić information content (AvgIpc) is 2.80. The number of carbonyl (C=O) groups excluding carboxylic acids is 1. The first-order valence-corrected chi connectivity index (χ1v) is 11.4. The van der Waals surface area contributed by atoms with Crippen LogP contribution in [0.1, 0.15) is 11.3 Å². The Morgan fingerprint density at radius 2 is 1.59 bits per heavy atom. The van der Waals surface area contributed by atoms with Gasteiger partial charge in [0.15, 0.2) is 0 Å². The Balaban J connectivity index is 1.56. The predicted octanol–water partition coefficient (Wildman–Crippen LogP) is 4.58. The highest BCUT2D eigenvalue weighted by Gasteiger charge is 2.24. The minimum atomic E-state index is -4.08. The molecule has 3 aromatic carbocycles. The molecule has 0 spiro atoms. The SMILES string of the molecule is Cc1ccc(S(=O)(=O)NC(=O)N(OCc2ccc3ccccc3n2)c2ccccc2)cc1. The molecule has 0 unspecified atom stereocenters. The molecule has 1 heterocycles. The minimum Gasteiger partial charge on any atom is -0.258 e. The van der Waals surface area contributed by atoms with Crippen LogP contribution in [0.5, 0.6) is 0 Å². The van der Waals surface area contributed by atoms with Crippen LogP contribution in [0.4, 0.5) is 10.5 Å². The summed E-state index contributed by atoms with van der Waals surface area (Å²) in [4.78, 5) is 23.2. The molecular weight excluding hydrogens is 426 g/mol. The van der Waals surface area contributed by atoms with Crippen LogP contribution in [-0.4, -0.2) is 19.4 Å². The van der Waals surface area contributed by atoms with Crippen LogP contribution >= 0.6 is 0 Å². The highest BCUT2D eigenvalue weighted by molar-refractivity contribution is 7.90. The number of amides is 2. The largest absolute Gasteiger partial charge is 0.360 e. The summed E-state index contributed by atoms with van der Waals surface area (Å²) in [7, 11) is -4.08. The fraction of sp³-hybridized carbons (Fsp3) is 0.0833. The number of carbonyl (C=O) groups is 1. The van der Waals surface area contributed by atoms with Crippen molar-refractivity contribution >= 4 is 32.6 Å². The number of nitrogens with one attached hydrogen (secondary N) is 1. The Morgan fingerprint density at radius 3 is 2.34 bits per heavy atom. The van der Waals surface area contributed by atoms with Gasteiger partial charge in [0.2, 0.25) is 0 Å². The van der Waals surface area contributed by atoms with E-state index in [2.05, 4.69) is 9.71 Å². The number of hydrogen-bond acceptors (Lipinski definition) is 5. The van der Waals surface area contributed by atoms with Gasteiger partial charge in [0.25, 0.3) is 10.0 Å². The molecule has 2 amide bonds. The number of pyridine rings is 1. The molecule has 0 fully saturated rings. The molecular formula is C24H21N3O4S. The number of hydroxylamine groups is 1. The summed E-state index contributed by atoms with van der Waals surface area (Å²) in [6.45, 7) is 1.82. The highest BCUT2D eigenvalue weighted by Crippen LogP contribution is 2.18. The van der Waals surface area contributed by atoms with Crippen LogP contribution in [0.2, 0.25) is 0 Å². The monoisotopic (exact) mass is 447 g/mol. The first-order chi connectivity index (χ1) is 15.4. The Bertz CT molecular complexity index is 1340. The van der Waals surface area contributed by atoms with Gasteiger partial charge in [-0.2, -0.15) is 5.06 Å². The average molecular weight is 448 g/mol. The van der Waals surface area contributed by atoms with Gasteiger partial charge >= 0.3 is 6.03 Å². The Kier molecular flexibility index (Phi) is 6.16. The molecule has 1 N–H and O–H groups in total. The maximum atomic E-state index is 12.9. The summed E-state index contributed by atoms with van der Waals surface area (Å²) in [5, 5.41) is 1.90. The number of para-hydroxylation sites is 2. The lowest BCUT2D eigenvalue weighted by Crippen LogP contribution is -2.43. The van der Waals surface area contributed by atoms with E-state index in [9.17, 15) is 13.2 Å². The predicted molar refractivity (Wildman–Crippen MR) is 122 cm³/mol. The van der Waals surface area contributed by atoms with Crippen LogP contribution in [0, 0.1) is 6.92 Å². The molecule has 1 aromatic heterocycles. The van der Waals surface area contributed by atoms with Crippen LogP contribution in [-0.2, 0) is 21.5 Å². The fourth-order valence-electron chi connectivity index (χ4n) is 3.07. The number of anilines is 1. The molecule has 8 heteroatoms. The van der Waals surface area contributed by atoms with Crippen molar-refractivity contribution in [3.63, 3.8) is 0 Å². The minimum absolute atomic E-state index is 0.0133. The van der Waals surface area contributed by atoms with E-state index in [4.69, 9.17) is 4.84 Å². The third-order valence-electron chi connectivity index (χ3n) is 4.73. The molecule has 162 valence electrons. The number of sulfonamides is 1. The van der Waals surface area contributed by atoms with Gasteiger partial charge in [-0.3, -0.25) is 9.82 Å². The van der Waals surface area contributed by atoms with Gasteiger partial charge in [-0.05, 0) is 43.3 Å². The van der Waals surface area contributed by atoms with E-state index in [0.29, 0.717) is 11.4 Å². The van der Waals surface area contributed by atoms with Gasteiger partial charge in [-0.15, -0.1) is 0 Å². The first kappa shape index (κ1) is 21.5. The summed E-state index contributed by atoms with van der Waals surface area (Å²) >= 11 is 0. The number of urea groups is 1. The number of fused-ring (bicyclic) bond motifs is 1. The second-order valence-electron chi connectivity index (χ2n) is 7.12. The van der Waals surface area contributed by atoms with Gasteiger partial charge in [0.1, 0.15) is 6.61 Å². The van der Waals surface area contributed by atoms with Crippen molar-refractivity contribution in [1.29, 1.82) is 0 Å². The van der Waals surface area contributed by atoms with Crippen LogP contribution in [0.3, 0.4) is 0 Å². The van der Waals surface area contributed by atoms with Crippen molar-refractivity contribution in [2.75, 3.05) is 5.06 Å². The number of hydrogen-bond donors (Lipinski definition) is 1. The standard InChI is InChI=1S/C24H21N3O4S/c1-18-11-15-22(16-12-18)32(29,30)26-24(28)27(21-8-3-2-4-9-21)31-17-20-14-13-19-7-5-6-10-23(19)25-20/h2-16H,17H2,1H3,(H,26,28). The summed E-state index contributed by atoms with van der Waals surface area (Å²) in [6.07, 6.45) is 0. The highest BCUT2D eigenvalue weighted by atomic mass is 32.2. The van der Waals surface area contributed by atoms with Crippen LogP contribution in [0.25, 0.3) is 10.9 Å². The Morgan fingerprint density at radius 1 is 0.906 bits per heavy atom. The van der Waals surface area contributed by atoms with E-state index < -0.39 is 16.1 Å². The normalized spacial score (nSPS) is 11.3. The molecule has 0 aliphatic heterocycles. The van der Waals surface area contributed by atoms with Crippen molar-refractivity contribution in [1.82, 2.24) is 9.71 Å². The van der Waals surface area contributed by atoms with E-state index in [1.807, 2.05) is 37.3 Å². The van der Waals surface area contributed by atoms with Gasteiger partial charge in [-0.25, -0.2) is 17.9 Å². The summed E-state index contributed by atoms with van der Waals surface area (Å²) in [5.41, 5.74) is 2.68. The number of rotatable bonds is 6. The third-order valence-corrected chi connectivity index (χ3v) is 6.06. The van der Waals surface area contributed by atoms with E-state index >= 15 is 0 Å². The zero-order chi connectivity index (χ0) is 22.6. The molecule has 0 aliphatic carbocycles. The van der Waals surface area contributed by atoms with Gasteiger partial charge < -0.3 is 0 Å². The van der Waals surface area contributed by atoms with Crippen molar-refractivity contribution < 1.29 is 18.0 Å². The van der Waals surface area contributed by atoms with Crippen LogP contribution in [0.15, 0.2) is 95.9 Å². The van der Waals surface area contributed by atoms with Gasteiger partial charge in [0.05, 0.1) is 21.8 Å². The van der Waals surface area contributed by atoms with E-state index in [1.54, 1.807) is 48.5 Å². The molecule has 7 nitrogen and oxygen atoms in total. The number of nitrogens with zero attached hydrogens (tertiary/aromatic N) is 2. The molecule has 32 heavy (non-hydrogen) atoms. The lowest BCUT2D eigenvalue weighted by Gasteiger charge is -2.22. The summed E-state index contributed by atoms with van der Waals surface area (Å²) < 4.78 is 27.4. The molecule has 4 rings (SSSR count). The van der Waals surface area contributed by atoms with Crippen molar-refractivity contribution in [2.45, 2.75) is 18.4 Å². The molecule has 0 saturated carbocycles. The molecule has 0 radical (unpaired) electrons. The smallest absolute Gasteiger partial charge is 0.258 e. The maximum Gasteiger partial charge on any atom is 0.360 e. The van der Waals surface area contributed by atoms with E-state index in [0.717, 1.165) is 21.5 Å². The molecule has 0 bridgehead atoms. The second-order valence-corrected chi connectivity index (χ2v) is 8.80. The summed E-state index contributed by atoms with van der Waals surface area (Å²) in [6, 6.07) is 25.2. The molecule has 0 atom stereocenters. The van der Waals surface area contributed by atoms with Gasteiger partial charge in [0, 0.05) is 5.39 Å². The maximum absolute atomic E-state index is 12.9. The lowest BCUT2D eigenvalue weighted by atomic mass is 10.2.